The Hall–Kier alpha value is -0.800. The van der Waals surface area contributed by atoms with Gasteiger partial charge in [0.15, 0.2) is 0 Å². The maximum Gasteiger partial charge on any atom is 0.261 e. The van der Waals surface area contributed by atoms with Crippen molar-refractivity contribution in [2.75, 3.05) is 6.54 Å². The zero-order valence-corrected chi connectivity index (χ0v) is 11.9. The Labute approximate surface area is 112 Å². The predicted molar refractivity (Wildman–Crippen MR) is 75.0 cm³/mol. The van der Waals surface area contributed by atoms with Crippen molar-refractivity contribution in [1.29, 1.82) is 0 Å². The molecule has 17 heavy (non-hydrogen) atoms. The van der Waals surface area contributed by atoms with Crippen LogP contribution in [0.5, 0.6) is 0 Å². The second kappa shape index (κ2) is 6.82. The van der Waals surface area contributed by atoms with E-state index in [1.54, 1.807) is 11.3 Å². The molecule has 0 fully saturated rings. The van der Waals surface area contributed by atoms with Crippen molar-refractivity contribution in [3.05, 3.63) is 33.0 Å². The topological polar surface area (TPSA) is 29.1 Å². The summed E-state index contributed by atoms with van der Waals surface area (Å²) in [5, 5.41) is 3.19. The third kappa shape index (κ3) is 4.17. The molecule has 0 bridgehead atoms. The van der Waals surface area contributed by atoms with Crippen LogP contribution in [0.15, 0.2) is 17.7 Å². The Morgan fingerprint density at radius 2 is 2.24 bits per heavy atom. The van der Waals surface area contributed by atoms with Crippen LogP contribution >= 0.6 is 22.9 Å². The van der Waals surface area contributed by atoms with Gasteiger partial charge in [-0.25, -0.2) is 0 Å². The molecule has 1 N–H and O–H groups in total. The molecule has 0 radical (unpaired) electrons. The summed E-state index contributed by atoms with van der Waals surface area (Å²) in [6.45, 7) is 8.13. The predicted octanol–water partition coefficient (Wildman–Crippen LogP) is 3.75. The summed E-state index contributed by atoms with van der Waals surface area (Å²) in [6.07, 6.45) is 3.12. The Bertz CT molecular complexity index is 412. The van der Waals surface area contributed by atoms with Gasteiger partial charge in [-0.15, -0.1) is 11.3 Å². The monoisotopic (exact) mass is 271 g/mol. The van der Waals surface area contributed by atoms with Gasteiger partial charge in [0.2, 0.25) is 0 Å². The lowest BCUT2D eigenvalue weighted by molar-refractivity contribution is 0.0961. The molecular formula is C13H18ClNOS. The maximum atomic E-state index is 11.8. The van der Waals surface area contributed by atoms with Gasteiger partial charge in [-0.1, -0.05) is 38.4 Å². The minimum absolute atomic E-state index is 0.0612. The van der Waals surface area contributed by atoms with E-state index < -0.39 is 0 Å². The quantitative estimate of drug-likeness (QED) is 0.839. The van der Waals surface area contributed by atoms with Crippen LogP contribution in [-0.4, -0.2) is 12.5 Å². The van der Waals surface area contributed by atoms with E-state index >= 15 is 0 Å². The van der Waals surface area contributed by atoms with Crippen molar-refractivity contribution in [1.82, 2.24) is 5.32 Å². The van der Waals surface area contributed by atoms with E-state index in [0.717, 1.165) is 24.1 Å². The Kier molecular flexibility index (Phi) is 5.72. The fraction of sp³-hybridized carbons (Fsp3) is 0.462. The Morgan fingerprint density at radius 3 is 2.76 bits per heavy atom. The van der Waals surface area contributed by atoms with Crippen LogP contribution in [0.1, 0.15) is 40.4 Å². The summed E-state index contributed by atoms with van der Waals surface area (Å²) >= 11 is 7.20. The molecule has 0 aliphatic rings. The van der Waals surface area contributed by atoms with E-state index in [-0.39, 0.29) is 5.91 Å². The number of halogens is 1. The average molecular weight is 272 g/mol. The smallest absolute Gasteiger partial charge is 0.261 e. The molecule has 1 aromatic heterocycles. The molecule has 0 saturated carbocycles. The number of aryl methyl sites for hydroxylation is 2. The first kappa shape index (κ1) is 14.3. The van der Waals surface area contributed by atoms with Crippen LogP contribution in [-0.2, 0) is 12.8 Å². The van der Waals surface area contributed by atoms with Crippen molar-refractivity contribution >= 4 is 28.8 Å². The highest BCUT2D eigenvalue weighted by Crippen LogP contribution is 2.24. The van der Waals surface area contributed by atoms with Crippen LogP contribution < -0.4 is 5.32 Å². The van der Waals surface area contributed by atoms with E-state index in [1.165, 1.54) is 10.4 Å². The summed E-state index contributed by atoms with van der Waals surface area (Å²) in [7, 11) is 0. The van der Waals surface area contributed by atoms with Gasteiger partial charge in [0, 0.05) is 9.91 Å². The van der Waals surface area contributed by atoms with Gasteiger partial charge in [0.1, 0.15) is 0 Å². The molecule has 0 aromatic carbocycles. The highest BCUT2D eigenvalue weighted by molar-refractivity contribution is 7.14. The molecule has 1 heterocycles. The van der Waals surface area contributed by atoms with E-state index in [1.807, 2.05) is 6.07 Å². The zero-order valence-electron chi connectivity index (χ0n) is 10.3. The van der Waals surface area contributed by atoms with Crippen molar-refractivity contribution in [3.8, 4) is 0 Å². The van der Waals surface area contributed by atoms with E-state index in [4.69, 9.17) is 11.6 Å². The summed E-state index contributed by atoms with van der Waals surface area (Å²) in [6, 6.07) is 1.99. The Morgan fingerprint density at radius 1 is 1.53 bits per heavy atom. The van der Waals surface area contributed by atoms with Gasteiger partial charge >= 0.3 is 0 Å². The molecule has 1 amide bonds. The molecule has 4 heteroatoms. The van der Waals surface area contributed by atoms with Crippen LogP contribution in [0, 0.1) is 0 Å². The SMILES string of the molecule is C=C(Cl)CNC(=O)c1cc(CC)c(CCC)s1. The molecule has 0 aliphatic carbocycles. The fourth-order valence-corrected chi connectivity index (χ4v) is 2.92. The number of hydrogen-bond acceptors (Lipinski definition) is 2. The Balaban J connectivity index is 2.76. The fourth-order valence-electron chi connectivity index (χ4n) is 1.58. The van der Waals surface area contributed by atoms with E-state index in [2.05, 4.69) is 25.7 Å². The second-order valence-corrected chi connectivity index (χ2v) is 5.53. The zero-order chi connectivity index (χ0) is 12.8. The minimum atomic E-state index is -0.0612. The molecule has 0 aliphatic heterocycles. The lowest BCUT2D eigenvalue weighted by Crippen LogP contribution is -2.23. The second-order valence-electron chi connectivity index (χ2n) is 3.86. The number of rotatable bonds is 6. The highest BCUT2D eigenvalue weighted by Gasteiger charge is 2.12. The lowest BCUT2D eigenvalue weighted by atomic mass is 10.1. The summed E-state index contributed by atoms with van der Waals surface area (Å²) in [5.41, 5.74) is 1.28. The summed E-state index contributed by atoms with van der Waals surface area (Å²) in [5.74, 6) is -0.0612. The van der Waals surface area contributed by atoms with Crippen LogP contribution in [0.3, 0.4) is 0 Å². The number of carbonyl (C=O) groups is 1. The van der Waals surface area contributed by atoms with Crippen molar-refractivity contribution in [2.24, 2.45) is 0 Å². The van der Waals surface area contributed by atoms with Gasteiger partial charge in [-0.2, -0.15) is 0 Å². The number of amides is 1. The molecule has 0 atom stereocenters. The number of hydrogen-bond donors (Lipinski definition) is 1. The average Bonchev–Trinajstić information content (AvgIpc) is 2.69. The first-order valence-electron chi connectivity index (χ1n) is 5.81. The molecule has 0 unspecified atom stereocenters. The van der Waals surface area contributed by atoms with Gasteiger partial charge in [0.25, 0.3) is 5.91 Å². The van der Waals surface area contributed by atoms with Crippen LogP contribution in [0.2, 0.25) is 0 Å². The molecule has 1 aromatic rings. The van der Waals surface area contributed by atoms with Crippen LogP contribution in [0.25, 0.3) is 0 Å². The summed E-state index contributed by atoms with van der Waals surface area (Å²) < 4.78 is 0. The largest absolute Gasteiger partial charge is 0.346 e. The third-order valence-corrected chi connectivity index (χ3v) is 3.79. The number of nitrogens with one attached hydrogen (secondary N) is 1. The molecular weight excluding hydrogens is 254 g/mol. The summed E-state index contributed by atoms with van der Waals surface area (Å²) in [4.78, 5) is 13.9. The molecule has 1 rings (SSSR count). The third-order valence-electron chi connectivity index (χ3n) is 2.42. The standard InChI is InChI=1S/C13H18ClNOS/c1-4-6-11-10(5-2)7-12(17-11)13(16)15-8-9(3)14/h7H,3-6,8H2,1-2H3,(H,15,16). The van der Waals surface area contributed by atoms with Gasteiger partial charge < -0.3 is 5.32 Å². The number of carbonyl (C=O) groups excluding carboxylic acids is 1. The number of thiophene rings is 1. The van der Waals surface area contributed by atoms with Gasteiger partial charge in [-0.05, 0) is 24.5 Å². The van der Waals surface area contributed by atoms with Gasteiger partial charge in [-0.3, -0.25) is 4.79 Å². The van der Waals surface area contributed by atoms with Gasteiger partial charge in [0.05, 0.1) is 11.4 Å². The first-order chi connectivity index (χ1) is 8.08. The van der Waals surface area contributed by atoms with E-state index in [9.17, 15) is 4.79 Å². The van der Waals surface area contributed by atoms with Crippen molar-refractivity contribution in [3.63, 3.8) is 0 Å². The molecule has 2 nitrogen and oxygen atoms in total. The molecule has 0 spiro atoms. The highest BCUT2D eigenvalue weighted by atomic mass is 35.5. The van der Waals surface area contributed by atoms with Crippen molar-refractivity contribution < 1.29 is 4.79 Å². The molecule has 0 saturated heterocycles. The molecule has 94 valence electrons. The van der Waals surface area contributed by atoms with Crippen LogP contribution in [0.4, 0.5) is 0 Å². The van der Waals surface area contributed by atoms with Crippen molar-refractivity contribution in [2.45, 2.75) is 33.1 Å². The van der Waals surface area contributed by atoms with E-state index in [0.29, 0.717) is 11.6 Å². The normalized spacial score (nSPS) is 10.3. The minimum Gasteiger partial charge on any atom is -0.346 e. The lowest BCUT2D eigenvalue weighted by Gasteiger charge is -2.00. The maximum absolute atomic E-state index is 11.8. The first-order valence-corrected chi connectivity index (χ1v) is 7.01.